The number of anilines is 2. The third-order valence-electron chi connectivity index (χ3n) is 4.72. The number of fused-ring (bicyclic) bond motifs is 1. The van der Waals surface area contributed by atoms with Crippen LogP contribution in [0, 0.1) is 6.92 Å². The van der Waals surface area contributed by atoms with Gasteiger partial charge >= 0.3 is 0 Å². The van der Waals surface area contributed by atoms with Gasteiger partial charge in [0.05, 0.1) is 16.3 Å². The van der Waals surface area contributed by atoms with Crippen LogP contribution >= 0.6 is 11.3 Å². The summed E-state index contributed by atoms with van der Waals surface area (Å²) in [6, 6.07) is 8.98. The summed E-state index contributed by atoms with van der Waals surface area (Å²) >= 11 is 1.41. The van der Waals surface area contributed by atoms with Crippen molar-refractivity contribution < 1.29 is 13.2 Å². The highest BCUT2D eigenvalue weighted by atomic mass is 32.2. The normalized spacial score (nSPS) is 13.8. The summed E-state index contributed by atoms with van der Waals surface area (Å²) in [6.07, 6.45) is 4.48. The van der Waals surface area contributed by atoms with Gasteiger partial charge in [-0.15, -0.1) is 0 Å². The Bertz CT molecular complexity index is 1170. The Morgan fingerprint density at radius 1 is 1.28 bits per heavy atom. The Labute approximate surface area is 173 Å². The molecule has 0 saturated carbocycles. The third kappa shape index (κ3) is 3.75. The molecule has 3 heterocycles. The molecule has 0 fully saturated rings. The molecule has 2 aromatic heterocycles. The lowest BCUT2D eigenvalue weighted by molar-refractivity contribution is -0.114. The van der Waals surface area contributed by atoms with Crippen LogP contribution in [0.1, 0.15) is 24.6 Å². The van der Waals surface area contributed by atoms with E-state index in [2.05, 4.69) is 15.3 Å². The first-order valence-corrected chi connectivity index (χ1v) is 11.4. The van der Waals surface area contributed by atoms with Crippen molar-refractivity contribution in [1.29, 1.82) is 0 Å². The minimum atomic E-state index is -3.66. The number of aromatic nitrogens is 2. The van der Waals surface area contributed by atoms with Crippen LogP contribution in [-0.2, 0) is 21.2 Å². The number of amides is 1. The van der Waals surface area contributed by atoms with Gasteiger partial charge in [0, 0.05) is 25.9 Å². The van der Waals surface area contributed by atoms with E-state index < -0.39 is 10.0 Å². The second-order valence-electron chi connectivity index (χ2n) is 6.83. The lowest BCUT2D eigenvalue weighted by Gasteiger charge is -2.30. The fourth-order valence-corrected chi connectivity index (χ4v) is 5.96. The molecule has 1 aromatic carbocycles. The maximum absolute atomic E-state index is 13.1. The molecule has 0 bridgehead atoms. The third-order valence-corrected chi connectivity index (χ3v) is 7.64. The zero-order valence-corrected chi connectivity index (χ0v) is 17.7. The fraction of sp³-hybridized carbons (Fsp3) is 0.250. The molecule has 0 unspecified atom stereocenters. The van der Waals surface area contributed by atoms with E-state index in [4.69, 9.17) is 0 Å². The highest BCUT2D eigenvalue weighted by Crippen LogP contribution is 2.38. The lowest BCUT2D eigenvalue weighted by atomic mass is 10.00. The number of hydrogen-bond donors (Lipinski definition) is 1. The monoisotopic (exact) mass is 428 g/mol. The first-order chi connectivity index (χ1) is 13.9. The molecular formula is C20H20N4O3S2. The smallest absolute Gasteiger partial charge is 0.265 e. The van der Waals surface area contributed by atoms with Crippen molar-refractivity contribution >= 4 is 38.1 Å². The van der Waals surface area contributed by atoms with Gasteiger partial charge < -0.3 is 5.32 Å². The Balaban J connectivity index is 1.71. The van der Waals surface area contributed by atoms with Crippen molar-refractivity contribution in [3.8, 4) is 10.4 Å². The summed E-state index contributed by atoms with van der Waals surface area (Å²) in [5.74, 6) is -0.160. The molecule has 3 aromatic rings. The molecule has 0 atom stereocenters. The molecule has 0 radical (unpaired) electrons. The van der Waals surface area contributed by atoms with Gasteiger partial charge in [-0.1, -0.05) is 17.4 Å². The number of pyridine rings is 1. The van der Waals surface area contributed by atoms with Gasteiger partial charge in [-0.2, -0.15) is 0 Å². The van der Waals surface area contributed by atoms with Crippen LogP contribution in [0.4, 0.5) is 10.8 Å². The Morgan fingerprint density at radius 3 is 2.83 bits per heavy atom. The number of carbonyl (C=O) groups excluding carboxylic acids is 1. The largest absolute Gasteiger partial charge is 0.302 e. The van der Waals surface area contributed by atoms with E-state index in [0.717, 1.165) is 34.5 Å². The molecule has 0 spiro atoms. The predicted octanol–water partition coefficient (Wildman–Crippen LogP) is 3.61. The summed E-state index contributed by atoms with van der Waals surface area (Å²) in [5, 5.41) is 3.28. The van der Waals surface area contributed by atoms with E-state index in [-0.39, 0.29) is 10.8 Å². The number of nitrogens with one attached hydrogen (secondary N) is 1. The van der Waals surface area contributed by atoms with Crippen LogP contribution in [0.5, 0.6) is 0 Å². The van der Waals surface area contributed by atoms with Crippen molar-refractivity contribution in [3.05, 3.63) is 54.0 Å². The van der Waals surface area contributed by atoms with Gasteiger partial charge in [0.2, 0.25) is 5.91 Å². The van der Waals surface area contributed by atoms with Crippen LogP contribution in [0.25, 0.3) is 10.4 Å². The van der Waals surface area contributed by atoms with E-state index in [1.165, 1.54) is 28.8 Å². The summed E-state index contributed by atoms with van der Waals surface area (Å²) in [6.45, 7) is 3.79. The number of thiazole rings is 1. The highest BCUT2D eigenvalue weighted by Gasteiger charge is 2.29. The number of sulfonamides is 1. The van der Waals surface area contributed by atoms with Gasteiger partial charge in [-0.05, 0) is 55.2 Å². The van der Waals surface area contributed by atoms with Crippen LogP contribution in [0.2, 0.25) is 0 Å². The van der Waals surface area contributed by atoms with Crippen molar-refractivity contribution in [3.63, 3.8) is 0 Å². The maximum Gasteiger partial charge on any atom is 0.265 e. The standard InChI is InChI=1S/C20H20N4O3S2/c1-13-19(28-20(22-13)23-14(2)25)16-7-8-18-15(11-16)5-4-10-24(18)29(26,27)17-6-3-9-21-12-17/h3,6-9,11-12H,4-5,10H2,1-2H3,(H,22,23,25). The summed E-state index contributed by atoms with van der Waals surface area (Å²) in [4.78, 5) is 20.8. The fourth-order valence-electron chi connectivity index (χ4n) is 3.45. The van der Waals surface area contributed by atoms with Crippen molar-refractivity contribution in [2.75, 3.05) is 16.2 Å². The highest BCUT2D eigenvalue weighted by molar-refractivity contribution is 7.92. The first kappa shape index (κ1) is 19.5. The van der Waals surface area contributed by atoms with E-state index in [9.17, 15) is 13.2 Å². The van der Waals surface area contributed by atoms with Crippen LogP contribution in [0.3, 0.4) is 0 Å². The van der Waals surface area contributed by atoms with Gasteiger partial charge in [0.25, 0.3) is 10.0 Å². The zero-order chi connectivity index (χ0) is 20.6. The SMILES string of the molecule is CC(=O)Nc1nc(C)c(-c2ccc3c(c2)CCCN3S(=O)(=O)c2cccnc2)s1. The molecule has 1 aliphatic heterocycles. The number of benzene rings is 1. The van der Waals surface area contributed by atoms with Crippen molar-refractivity contribution in [2.24, 2.45) is 0 Å². The number of aryl methyl sites for hydroxylation is 2. The number of rotatable bonds is 4. The molecule has 7 nitrogen and oxygen atoms in total. The van der Waals surface area contributed by atoms with Gasteiger partial charge in [-0.3, -0.25) is 14.1 Å². The average molecular weight is 429 g/mol. The molecular weight excluding hydrogens is 408 g/mol. The molecule has 4 rings (SSSR count). The number of carbonyl (C=O) groups is 1. The first-order valence-electron chi connectivity index (χ1n) is 9.17. The molecule has 1 aliphatic rings. The summed E-state index contributed by atoms with van der Waals surface area (Å²) < 4.78 is 27.7. The zero-order valence-electron chi connectivity index (χ0n) is 16.0. The topological polar surface area (TPSA) is 92.3 Å². The van der Waals surface area contributed by atoms with Crippen molar-refractivity contribution in [1.82, 2.24) is 9.97 Å². The van der Waals surface area contributed by atoms with Crippen LogP contribution in [-0.4, -0.2) is 30.8 Å². The second-order valence-corrected chi connectivity index (χ2v) is 9.69. The predicted molar refractivity (Wildman–Crippen MR) is 114 cm³/mol. The van der Waals surface area contributed by atoms with Crippen LogP contribution < -0.4 is 9.62 Å². The minimum Gasteiger partial charge on any atom is -0.302 e. The average Bonchev–Trinajstić information content (AvgIpc) is 3.07. The van der Waals surface area contributed by atoms with Crippen molar-refractivity contribution in [2.45, 2.75) is 31.6 Å². The summed E-state index contributed by atoms with van der Waals surface area (Å²) in [7, 11) is -3.66. The molecule has 29 heavy (non-hydrogen) atoms. The van der Waals surface area contributed by atoms with Gasteiger partial charge in [-0.25, -0.2) is 13.4 Å². The minimum absolute atomic E-state index is 0.160. The van der Waals surface area contributed by atoms with Crippen LogP contribution in [0.15, 0.2) is 47.6 Å². The molecule has 150 valence electrons. The van der Waals surface area contributed by atoms with Gasteiger partial charge in [0.1, 0.15) is 4.90 Å². The number of hydrogen-bond acceptors (Lipinski definition) is 6. The van der Waals surface area contributed by atoms with E-state index in [0.29, 0.717) is 17.4 Å². The number of nitrogens with zero attached hydrogens (tertiary/aromatic N) is 3. The van der Waals surface area contributed by atoms with E-state index in [1.54, 1.807) is 18.3 Å². The van der Waals surface area contributed by atoms with E-state index in [1.807, 2.05) is 25.1 Å². The molecule has 1 N–H and O–H groups in total. The maximum atomic E-state index is 13.1. The molecule has 0 aliphatic carbocycles. The molecule has 9 heteroatoms. The molecule has 1 amide bonds. The molecule has 0 saturated heterocycles. The Morgan fingerprint density at radius 2 is 2.10 bits per heavy atom. The lowest BCUT2D eigenvalue weighted by Crippen LogP contribution is -2.35. The van der Waals surface area contributed by atoms with E-state index >= 15 is 0 Å². The quantitative estimate of drug-likeness (QED) is 0.685. The Hall–Kier alpha value is -2.78. The van der Waals surface area contributed by atoms with Gasteiger partial charge in [0.15, 0.2) is 5.13 Å². The summed E-state index contributed by atoms with van der Waals surface area (Å²) in [5.41, 5.74) is 3.48. The Kier molecular flexibility index (Phi) is 5.10. The second kappa shape index (κ2) is 7.57.